The standard InChI is InChI=1S/C8H10Cl2O5S/c1-5(11)14-3-7(9)8(16(10)13)4-15-6(2)12/h3-4H2,1-2H3/b8-7+. The highest BCUT2D eigenvalue weighted by Crippen LogP contribution is 2.17. The summed E-state index contributed by atoms with van der Waals surface area (Å²) in [5, 5.41) is -0.0233. The second-order valence-corrected chi connectivity index (χ2v) is 4.85. The second kappa shape index (κ2) is 7.65. The molecule has 1 unspecified atom stereocenters. The lowest BCUT2D eigenvalue weighted by atomic mass is 10.5. The topological polar surface area (TPSA) is 69.7 Å². The summed E-state index contributed by atoms with van der Waals surface area (Å²) in [5.74, 6) is -1.10. The first-order valence-corrected chi connectivity index (χ1v) is 6.42. The number of rotatable bonds is 5. The number of hydrogen-bond donors (Lipinski definition) is 0. The quantitative estimate of drug-likeness (QED) is 0.566. The first-order valence-electron chi connectivity index (χ1n) is 4.07. The third kappa shape index (κ3) is 6.81. The van der Waals surface area contributed by atoms with Crippen LogP contribution in [0.25, 0.3) is 0 Å². The molecule has 16 heavy (non-hydrogen) atoms. The third-order valence-electron chi connectivity index (χ3n) is 1.30. The third-order valence-corrected chi connectivity index (χ3v) is 3.06. The smallest absolute Gasteiger partial charge is 0.302 e. The Hall–Kier alpha value is -0.590. The minimum atomic E-state index is -1.91. The molecule has 0 aromatic rings. The van der Waals surface area contributed by atoms with Crippen molar-refractivity contribution in [3.63, 3.8) is 0 Å². The van der Waals surface area contributed by atoms with Crippen molar-refractivity contribution in [2.75, 3.05) is 13.2 Å². The van der Waals surface area contributed by atoms with E-state index in [0.717, 1.165) is 0 Å². The highest BCUT2D eigenvalue weighted by molar-refractivity contribution is 8.11. The van der Waals surface area contributed by atoms with E-state index in [-0.39, 0.29) is 23.2 Å². The monoisotopic (exact) mass is 288 g/mol. The van der Waals surface area contributed by atoms with E-state index < -0.39 is 22.0 Å². The average Bonchev–Trinajstić information content (AvgIpc) is 2.13. The Bertz CT molecular complexity index is 339. The maximum atomic E-state index is 11.0. The van der Waals surface area contributed by atoms with Crippen LogP contribution in [0.15, 0.2) is 9.94 Å². The van der Waals surface area contributed by atoms with Gasteiger partial charge in [0.05, 0.1) is 9.94 Å². The summed E-state index contributed by atoms with van der Waals surface area (Å²) in [7, 11) is 3.42. The summed E-state index contributed by atoms with van der Waals surface area (Å²) in [5.41, 5.74) is 0. The van der Waals surface area contributed by atoms with E-state index in [2.05, 4.69) is 9.47 Å². The zero-order valence-electron chi connectivity index (χ0n) is 8.62. The molecule has 5 nitrogen and oxygen atoms in total. The van der Waals surface area contributed by atoms with Crippen molar-refractivity contribution in [2.45, 2.75) is 13.8 Å². The van der Waals surface area contributed by atoms with E-state index in [0.29, 0.717) is 0 Å². The average molecular weight is 289 g/mol. The lowest BCUT2D eigenvalue weighted by molar-refractivity contribution is -0.141. The van der Waals surface area contributed by atoms with E-state index >= 15 is 0 Å². The number of ether oxygens (including phenoxy) is 2. The molecule has 0 amide bonds. The molecule has 1 atom stereocenters. The van der Waals surface area contributed by atoms with Crippen LogP contribution in [0.4, 0.5) is 0 Å². The number of carbonyl (C=O) groups is 2. The number of halogens is 2. The summed E-state index contributed by atoms with van der Waals surface area (Å²) in [6.45, 7) is 1.83. The highest BCUT2D eigenvalue weighted by atomic mass is 35.7. The second-order valence-electron chi connectivity index (χ2n) is 2.61. The van der Waals surface area contributed by atoms with Crippen molar-refractivity contribution in [2.24, 2.45) is 0 Å². The summed E-state index contributed by atoms with van der Waals surface area (Å²) < 4.78 is 20.2. The van der Waals surface area contributed by atoms with Gasteiger partial charge < -0.3 is 9.47 Å². The van der Waals surface area contributed by atoms with E-state index in [1.54, 1.807) is 0 Å². The van der Waals surface area contributed by atoms with Crippen molar-refractivity contribution in [3.8, 4) is 0 Å². The Kier molecular flexibility index (Phi) is 7.36. The van der Waals surface area contributed by atoms with Crippen LogP contribution in [0.3, 0.4) is 0 Å². The van der Waals surface area contributed by atoms with Crippen molar-refractivity contribution in [1.29, 1.82) is 0 Å². The van der Waals surface area contributed by atoms with Gasteiger partial charge in [0.2, 0.25) is 0 Å². The molecule has 0 fully saturated rings. The molecule has 0 N–H and O–H groups in total. The van der Waals surface area contributed by atoms with E-state index in [9.17, 15) is 13.8 Å². The predicted octanol–water partition coefficient (Wildman–Crippen LogP) is 1.47. The van der Waals surface area contributed by atoms with Crippen molar-refractivity contribution in [1.82, 2.24) is 0 Å². The molecule has 0 aliphatic heterocycles. The molecule has 8 heteroatoms. The fourth-order valence-electron chi connectivity index (χ4n) is 0.624. The summed E-state index contributed by atoms with van der Waals surface area (Å²) in [6, 6.07) is 0. The summed E-state index contributed by atoms with van der Waals surface area (Å²) in [4.78, 5) is 21.1. The molecule has 0 spiro atoms. The first-order chi connectivity index (χ1) is 7.34. The van der Waals surface area contributed by atoms with E-state index in [1.165, 1.54) is 13.8 Å². The van der Waals surface area contributed by atoms with E-state index in [1.807, 2.05) is 0 Å². The van der Waals surface area contributed by atoms with Gasteiger partial charge in [-0.2, -0.15) is 0 Å². The molecule has 0 rings (SSSR count). The first kappa shape index (κ1) is 15.4. The van der Waals surface area contributed by atoms with Crippen LogP contribution >= 0.6 is 22.3 Å². The molecule has 0 heterocycles. The fraction of sp³-hybridized carbons (Fsp3) is 0.500. The SMILES string of the molecule is CC(=O)OC/C(Cl)=C(/COC(C)=O)S(=O)Cl. The van der Waals surface area contributed by atoms with Gasteiger partial charge in [0.15, 0.2) is 0 Å². The molecule has 0 radical (unpaired) electrons. The van der Waals surface area contributed by atoms with Crippen LogP contribution in [0.5, 0.6) is 0 Å². The minimum absolute atomic E-state index is 0.000201. The fourth-order valence-corrected chi connectivity index (χ4v) is 1.86. The molecule has 0 aromatic heterocycles. The van der Waals surface area contributed by atoms with Gasteiger partial charge >= 0.3 is 11.9 Å². The van der Waals surface area contributed by atoms with Gasteiger partial charge in [-0.3, -0.25) is 9.59 Å². The van der Waals surface area contributed by atoms with Gasteiger partial charge in [-0.1, -0.05) is 11.6 Å². The van der Waals surface area contributed by atoms with Crippen LogP contribution in [-0.2, 0) is 29.1 Å². The molecule has 0 saturated heterocycles. The van der Waals surface area contributed by atoms with Crippen LogP contribution in [-0.4, -0.2) is 29.4 Å². The van der Waals surface area contributed by atoms with Crippen LogP contribution < -0.4 is 0 Å². The molecule has 0 aliphatic carbocycles. The van der Waals surface area contributed by atoms with Crippen molar-refractivity contribution < 1.29 is 23.3 Å². The van der Waals surface area contributed by atoms with E-state index in [4.69, 9.17) is 22.3 Å². The lowest BCUT2D eigenvalue weighted by Gasteiger charge is -2.07. The molecular weight excluding hydrogens is 279 g/mol. The number of carbonyl (C=O) groups excluding carboxylic acids is 2. The lowest BCUT2D eigenvalue weighted by Crippen LogP contribution is -2.09. The predicted molar refractivity (Wildman–Crippen MR) is 60.1 cm³/mol. The molecule has 0 aromatic carbocycles. The summed E-state index contributed by atoms with van der Waals surface area (Å²) >= 11 is 5.70. The Morgan fingerprint density at radius 2 is 1.56 bits per heavy atom. The molecule has 0 aliphatic rings. The van der Waals surface area contributed by atoms with Gasteiger partial charge in [0.1, 0.15) is 23.2 Å². The van der Waals surface area contributed by atoms with Crippen LogP contribution in [0.2, 0.25) is 0 Å². The number of hydrogen-bond acceptors (Lipinski definition) is 5. The maximum Gasteiger partial charge on any atom is 0.302 e. The Balaban J connectivity index is 4.58. The molecule has 92 valence electrons. The van der Waals surface area contributed by atoms with Crippen molar-refractivity contribution >= 4 is 44.2 Å². The zero-order chi connectivity index (χ0) is 12.7. The highest BCUT2D eigenvalue weighted by Gasteiger charge is 2.13. The van der Waals surface area contributed by atoms with Crippen LogP contribution in [0, 0.1) is 0 Å². The number of esters is 2. The van der Waals surface area contributed by atoms with Gasteiger partial charge in [-0.05, 0) is 10.7 Å². The maximum absolute atomic E-state index is 11.0. The van der Waals surface area contributed by atoms with Crippen molar-refractivity contribution in [3.05, 3.63) is 9.94 Å². The summed E-state index contributed by atoms with van der Waals surface area (Å²) in [6.07, 6.45) is 0. The Labute approximate surface area is 105 Å². The zero-order valence-corrected chi connectivity index (χ0v) is 10.9. The minimum Gasteiger partial charge on any atom is -0.460 e. The van der Waals surface area contributed by atoms with Crippen LogP contribution in [0.1, 0.15) is 13.8 Å². The van der Waals surface area contributed by atoms with Gasteiger partial charge in [0, 0.05) is 13.8 Å². The molecule has 0 bridgehead atoms. The van der Waals surface area contributed by atoms with Gasteiger partial charge in [-0.25, -0.2) is 4.21 Å². The van der Waals surface area contributed by atoms with Gasteiger partial charge in [0.25, 0.3) is 0 Å². The largest absolute Gasteiger partial charge is 0.460 e. The normalized spacial score (nSPS) is 13.8. The molecule has 0 saturated carbocycles. The Morgan fingerprint density at radius 3 is 1.94 bits per heavy atom. The Morgan fingerprint density at radius 1 is 1.12 bits per heavy atom. The molecular formula is C8H10Cl2O5S. The van der Waals surface area contributed by atoms with Gasteiger partial charge in [-0.15, -0.1) is 0 Å².